The van der Waals surface area contributed by atoms with E-state index in [1.165, 1.54) is 0 Å². The third-order valence-electron chi connectivity index (χ3n) is 3.53. The molecule has 7 nitrogen and oxygen atoms in total. The van der Waals surface area contributed by atoms with E-state index in [1.54, 1.807) is 6.92 Å². The summed E-state index contributed by atoms with van der Waals surface area (Å²) in [5.41, 5.74) is 0.529. The normalized spacial score (nSPS) is 11.7. The number of unbranched alkanes of at least 4 members (excludes halogenated alkanes) is 3. The topological polar surface area (TPSA) is 113 Å². The van der Waals surface area contributed by atoms with Crippen molar-refractivity contribution in [2.24, 2.45) is 0 Å². The molecule has 0 aliphatic carbocycles. The first kappa shape index (κ1) is 24.3. The minimum absolute atomic E-state index is 0. The van der Waals surface area contributed by atoms with E-state index in [4.69, 9.17) is 4.55 Å². The Labute approximate surface area is 140 Å². The van der Waals surface area contributed by atoms with Gasteiger partial charge in [-0.05, 0) is 39.0 Å². The SMILES string of the molecule is C=C(C)C(=O)NCCCC[N+](C)(C)CCCCCS(=O)(=O)O.[OH-]. The molecule has 0 aromatic heterocycles. The first-order valence-electron chi connectivity index (χ1n) is 7.74. The van der Waals surface area contributed by atoms with Crippen LogP contribution in [0.15, 0.2) is 12.2 Å². The van der Waals surface area contributed by atoms with Crippen molar-refractivity contribution in [3.63, 3.8) is 0 Å². The molecule has 0 spiro atoms. The molecule has 0 fully saturated rings. The van der Waals surface area contributed by atoms with Gasteiger partial charge in [0.05, 0.1) is 32.9 Å². The smallest absolute Gasteiger partial charge is 0.264 e. The average molecular weight is 352 g/mol. The molecule has 138 valence electrons. The molecule has 0 unspecified atom stereocenters. The van der Waals surface area contributed by atoms with Crippen LogP contribution in [0.3, 0.4) is 0 Å². The van der Waals surface area contributed by atoms with Gasteiger partial charge in [-0.1, -0.05) is 6.58 Å². The van der Waals surface area contributed by atoms with Crippen molar-refractivity contribution >= 4 is 16.0 Å². The molecule has 0 atom stereocenters. The predicted molar refractivity (Wildman–Crippen MR) is 91.1 cm³/mol. The van der Waals surface area contributed by atoms with E-state index in [-0.39, 0.29) is 17.1 Å². The summed E-state index contributed by atoms with van der Waals surface area (Å²) in [6, 6.07) is 0. The van der Waals surface area contributed by atoms with Gasteiger partial charge < -0.3 is 15.3 Å². The van der Waals surface area contributed by atoms with Crippen LogP contribution in [0, 0.1) is 0 Å². The van der Waals surface area contributed by atoms with Crippen molar-refractivity contribution in [1.82, 2.24) is 5.32 Å². The molecule has 0 saturated heterocycles. The fraction of sp³-hybridized carbons (Fsp3) is 0.800. The van der Waals surface area contributed by atoms with Gasteiger partial charge in [-0.25, -0.2) is 0 Å². The quantitative estimate of drug-likeness (QED) is 0.239. The van der Waals surface area contributed by atoms with Crippen molar-refractivity contribution in [2.45, 2.75) is 39.0 Å². The molecule has 8 heteroatoms. The molecule has 0 saturated carbocycles. The second-order valence-corrected chi connectivity index (χ2v) is 8.05. The Bertz CT molecular complexity index is 460. The molecule has 0 bridgehead atoms. The Hall–Kier alpha value is -0.960. The Morgan fingerprint density at radius 1 is 1.09 bits per heavy atom. The average Bonchev–Trinajstić information content (AvgIpc) is 2.35. The number of hydrogen-bond acceptors (Lipinski definition) is 4. The summed E-state index contributed by atoms with van der Waals surface area (Å²) >= 11 is 0. The van der Waals surface area contributed by atoms with Gasteiger partial charge in [-0.3, -0.25) is 9.35 Å². The zero-order chi connectivity index (χ0) is 17.2. The highest BCUT2D eigenvalue weighted by atomic mass is 32.2. The molecule has 0 radical (unpaired) electrons. The fourth-order valence-corrected chi connectivity index (χ4v) is 2.70. The van der Waals surface area contributed by atoms with Crippen LogP contribution in [0.25, 0.3) is 0 Å². The molecule has 0 aliphatic rings. The van der Waals surface area contributed by atoms with Gasteiger partial charge in [0.2, 0.25) is 5.91 Å². The summed E-state index contributed by atoms with van der Waals surface area (Å²) < 4.78 is 30.7. The van der Waals surface area contributed by atoms with Crippen LogP contribution in [-0.4, -0.2) is 68.3 Å². The molecule has 0 aromatic carbocycles. The summed E-state index contributed by atoms with van der Waals surface area (Å²) in [6.07, 6.45) is 4.20. The Kier molecular flexibility index (Phi) is 12.2. The van der Waals surface area contributed by atoms with Crippen molar-refractivity contribution in [3.8, 4) is 0 Å². The van der Waals surface area contributed by atoms with Crippen LogP contribution >= 0.6 is 0 Å². The van der Waals surface area contributed by atoms with Gasteiger partial charge in [-0.2, -0.15) is 8.42 Å². The second kappa shape index (κ2) is 11.6. The van der Waals surface area contributed by atoms with Gasteiger partial charge in [0.25, 0.3) is 10.1 Å². The molecular weight excluding hydrogens is 320 g/mol. The first-order valence-corrected chi connectivity index (χ1v) is 9.35. The highest BCUT2D eigenvalue weighted by Gasteiger charge is 2.14. The van der Waals surface area contributed by atoms with Crippen LogP contribution in [0.2, 0.25) is 0 Å². The Morgan fingerprint density at radius 3 is 2.09 bits per heavy atom. The fourth-order valence-electron chi connectivity index (χ4n) is 2.13. The van der Waals surface area contributed by atoms with E-state index in [2.05, 4.69) is 26.0 Å². The standard InChI is InChI=1S/C15H30N2O4S.H2O/c1-14(2)15(18)16-10-6-8-12-17(3,4)11-7-5-9-13-22(19,20)21;/h1,5-13H2,2-4H3,(H-,16,18,19,20,21);1H2. The van der Waals surface area contributed by atoms with Crippen molar-refractivity contribution < 1.29 is 27.7 Å². The zero-order valence-electron chi connectivity index (χ0n) is 14.5. The number of amides is 1. The number of nitrogens with zero attached hydrogens (tertiary/aromatic N) is 1. The lowest BCUT2D eigenvalue weighted by molar-refractivity contribution is -0.890. The van der Waals surface area contributed by atoms with E-state index in [9.17, 15) is 13.2 Å². The van der Waals surface area contributed by atoms with E-state index >= 15 is 0 Å². The largest absolute Gasteiger partial charge is 0.870 e. The maximum Gasteiger partial charge on any atom is 0.264 e. The molecule has 0 rings (SSSR count). The monoisotopic (exact) mass is 352 g/mol. The summed E-state index contributed by atoms with van der Waals surface area (Å²) in [5, 5.41) is 2.82. The van der Waals surface area contributed by atoms with Gasteiger partial charge in [-0.15, -0.1) is 0 Å². The first-order chi connectivity index (χ1) is 10.0. The van der Waals surface area contributed by atoms with Crippen molar-refractivity contribution in [1.29, 1.82) is 0 Å². The minimum Gasteiger partial charge on any atom is -0.870 e. The van der Waals surface area contributed by atoms with Crippen LogP contribution in [0.1, 0.15) is 39.0 Å². The second-order valence-electron chi connectivity index (χ2n) is 6.47. The molecule has 1 amide bonds. The lowest BCUT2D eigenvalue weighted by Gasteiger charge is -2.30. The van der Waals surface area contributed by atoms with E-state index in [1.807, 2.05) is 0 Å². The third-order valence-corrected chi connectivity index (χ3v) is 4.33. The molecule has 3 N–H and O–H groups in total. The highest BCUT2D eigenvalue weighted by Crippen LogP contribution is 2.07. The number of carbonyl (C=O) groups is 1. The zero-order valence-corrected chi connectivity index (χ0v) is 15.4. The van der Waals surface area contributed by atoms with Crippen molar-refractivity contribution in [3.05, 3.63) is 12.2 Å². The highest BCUT2D eigenvalue weighted by molar-refractivity contribution is 7.85. The molecule has 0 aromatic rings. The van der Waals surface area contributed by atoms with Crippen LogP contribution in [-0.2, 0) is 14.9 Å². The lowest BCUT2D eigenvalue weighted by Crippen LogP contribution is -2.41. The maximum atomic E-state index is 11.3. The predicted octanol–water partition coefficient (Wildman–Crippen LogP) is 1.42. The number of rotatable bonds is 12. The van der Waals surface area contributed by atoms with Gasteiger partial charge in [0.15, 0.2) is 0 Å². The summed E-state index contributed by atoms with van der Waals surface area (Å²) in [6.45, 7) is 7.94. The van der Waals surface area contributed by atoms with Gasteiger partial charge in [0, 0.05) is 12.1 Å². The molecule has 23 heavy (non-hydrogen) atoms. The maximum absolute atomic E-state index is 11.3. The Balaban J connectivity index is 0. The summed E-state index contributed by atoms with van der Waals surface area (Å²) in [4.78, 5) is 11.3. The number of carbonyl (C=O) groups excluding carboxylic acids is 1. The lowest BCUT2D eigenvalue weighted by atomic mass is 10.2. The van der Waals surface area contributed by atoms with Crippen LogP contribution in [0.5, 0.6) is 0 Å². The van der Waals surface area contributed by atoms with Gasteiger partial charge in [0.1, 0.15) is 0 Å². The minimum atomic E-state index is -3.82. The number of nitrogens with one attached hydrogen (secondary N) is 1. The molecule has 0 aliphatic heterocycles. The van der Waals surface area contributed by atoms with Crippen LogP contribution < -0.4 is 5.32 Å². The molecule has 0 heterocycles. The molecular formula is C15H32N2O5S. The summed E-state index contributed by atoms with van der Waals surface area (Å²) in [7, 11) is 0.477. The number of hydrogen-bond donors (Lipinski definition) is 2. The summed E-state index contributed by atoms with van der Waals surface area (Å²) in [5.74, 6) is -0.240. The number of quaternary nitrogens is 1. The van der Waals surface area contributed by atoms with E-state index in [0.29, 0.717) is 18.5 Å². The van der Waals surface area contributed by atoms with Crippen LogP contribution in [0.4, 0.5) is 0 Å². The van der Waals surface area contributed by atoms with Gasteiger partial charge >= 0.3 is 0 Å². The van der Waals surface area contributed by atoms with E-state index < -0.39 is 10.1 Å². The Morgan fingerprint density at radius 2 is 1.61 bits per heavy atom. The van der Waals surface area contributed by atoms with E-state index in [0.717, 1.165) is 43.3 Å². The third kappa shape index (κ3) is 15.7. The van der Waals surface area contributed by atoms with Crippen molar-refractivity contribution in [2.75, 3.05) is 39.5 Å².